The molecule has 2 bridgehead atoms. The molecule has 4 atom stereocenters. The summed E-state index contributed by atoms with van der Waals surface area (Å²) in [7, 11) is 0. The van der Waals surface area contributed by atoms with Crippen molar-refractivity contribution in [3.8, 4) is 0 Å². The molecule has 4 heteroatoms. The van der Waals surface area contributed by atoms with Gasteiger partial charge in [-0.1, -0.05) is 12.2 Å². The zero-order chi connectivity index (χ0) is 12.3. The standard InChI is InChI=1S/C14H12N2O2/c17-13-11-8-1-2-9(7-8)12(11)14(18)16(13)10-3-5-15-6-4-10/h1-6,8-9,11-12H,7H2/t8-,9?,11-,12?/m0/s1. The lowest BCUT2D eigenvalue weighted by Crippen LogP contribution is -2.32. The molecule has 2 aliphatic carbocycles. The fourth-order valence-electron chi connectivity index (χ4n) is 3.65. The van der Waals surface area contributed by atoms with Crippen molar-refractivity contribution < 1.29 is 9.59 Å². The predicted octanol–water partition coefficient (Wildman–Crippen LogP) is 1.39. The predicted molar refractivity (Wildman–Crippen MR) is 64.4 cm³/mol. The number of hydrogen-bond donors (Lipinski definition) is 0. The van der Waals surface area contributed by atoms with Gasteiger partial charge in [0.2, 0.25) is 11.8 Å². The molecule has 0 aromatic carbocycles. The number of carbonyl (C=O) groups is 2. The molecule has 0 spiro atoms. The number of imide groups is 1. The largest absolute Gasteiger partial charge is 0.274 e. The van der Waals surface area contributed by atoms with Crippen LogP contribution in [0.4, 0.5) is 5.69 Å². The molecule has 2 fully saturated rings. The average Bonchev–Trinajstić information content (AvgIpc) is 3.05. The Kier molecular flexibility index (Phi) is 1.82. The first-order chi connectivity index (χ1) is 8.77. The van der Waals surface area contributed by atoms with E-state index in [-0.39, 0.29) is 35.5 Å². The highest BCUT2D eigenvalue weighted by Gasteiger charge is 2.59. The highest BCUT2D eigenvalue weighted by Crippen LogP contribution is 2.53. The van der Waals surface area contributed by atoms with E-state index in [1.54, 1.807) is 24.5 Å². The molecule has 1 saturated carbocycles. The van der Waals surface area contributed by atoms with Gasteiger partial charge in [0.05, 0.1) is 17.5 Å². The topological polar surface area (TPSA) is 50.3 Å². The summed E-state index contributed by atoms with van der Waals surface area (Å²) in [5.74, 6) is 0.217. The Morgan fingerprint density at radius 3 is 2.11 bits per heavy atom. The van der Waals surface area contributed by atoms with Gasteiger partial charge in [-0.2, -0.15) is 0 Å². The molecule has 1 saturated heterocycles. The van der Waals surface area contributed by atoms with Crippen LogP contribution in [0.3, 0.4) is 0 Å². The summed E-state index contributed by atoms with van der Waals surface area (Å²) in [6.45, 7) is 0. The van der Waals surface area contributed by atoms with E-state index in [9.17, 15) is 9.59 Å². The summed E-state index contributed by atoms with van der Waals surface area (Å²) in [6, 6.07) is 3.43. The number of amides is 2. The van der Waals surface area contributed by atoms with Gasteiger partial charge in [0, 0.05) is 12.4 Å². The number of rotatable bonds is 1. The van der Waals surface area contributed by atoms with Gasteiger partial charge in [0.1, 0.15) is 0 Å². The number of hydrogen-bond acceptors (Lipinski definition) is 3. The average molecular weight is 240 g/mol. The second-order valence-electron chi connectivity index (χ2n) is 5.22. The van der Waals surface area contributed by atoms with Gasteiger partial charge >= 0.3 is 0 Å². The monoisotopic (exact) mass is 240 g/mol. The Hall–Kier alpha value is -1.97. The third-order valence-corrected chi connectivity index (χ3v) is 4.39. The van der Waals surface area contributed by atoms with Crippen LogP contribution >= 0.6 is 0 Å². The highest BCUT2D eigenvalue weighted by molar-refractivity contribution is 6.22. The molecule has 1 aliphatic heterocycles. The number of allylic oxidation sites excluding steroid dienone is 2. The van der Waals surface area contributed by atoms with Gasteiger partial charge in [0.25, 0.3) is 0 Å². The molecule has 4 nitrogen and oxygen atoms in total. The van der Waals surface area contributed by atoms with Crippen LogP contribution in [-0.2, 0) is 9.59 Å². The number of anilines is 1. The van der Waals surface area contributed by atoms with Crippen LogP contribution in [0.15, 0.2) is 36.7 Å². The molecular formula is C14H12N2O2. The van der Waals surface area contributed by atoms with Gasteiger partial charge in [-0.05, 0) is 30.4 Å². The molecule has 3 aliphatic rings. The van der Waals surface area contributed by atoms with Crippen molar-refractivity contribution in [2.24, 2.45) is 23.7 Å². The lowest BCUT2D eigenvalue weighted by atomic mass is 9.85. The summed E-state index contributed by atoms with van der Waals surface area (Å²) in [5, 5.41) is 0. The minimum Gasteiger partial charge on any atom is -0.274 e. The second kappa shape index (κ2) is 3.28. The summed E-state index contributed by atoms with van der Waals surface area (Å²) >= 11 is 0. The fraction of sp³-hybridized carbons (Fsp3) is 0.357. The van der Waals surface area contributed by atoms with E-state index >= 15 is 0 Å². The van der Waals surface area contributed by atoms with Gasteiger partial charge < -0.3 is 0 Å². The summed E-state index contributed by atoms with van der Waals surface area (Å²) in [4.78, 5) is 30.1. The Morgan fingerprint density at radius 2 is 1.56 bits per heavy atom. The molecule has 2 heterocycles. The smallest absolute Gasteiger partial charge is 0.238 e. The van der Waals surface area contributed by atoms with E-state index in [2.05, 4.69) is 17.1 Å². The third-order valence-electron chi connectivity index (χ3n) is 4.39. The van der Waals surface area contributed by atoms with Crippen molar-refractivity contribution in [3.63, 3.8) is 0 Å². The number of aromatic nitrogens is 1. The van der Waals surface area contributed by atoms with Crippen LogP contribution in [0, 0.1) is 23.7 Å². The Labute approximate surface area is 104 Å². The van der Waals surface area contributed by atoms with Crippen molar-refractivity contribution in [1.82, 2.24) is 4.98 Å². The minimum atomic E-state index is -0.124. The van der Waals surface area contributed by atoms with Crippen molar-refractivity contribution in [2.75, 3.05) is 4.90 Å². The minimum absolute atomic E-state index is 0.0342. The van der Waals surface area contributed by atoms with Crippen LogP contribution in [0.1, 0.15) is 6.42 Å². The van der Waals surface area contributed by atoms with Crippen LogP contribution in [0.2, 0.25) is 0 Å². The summed E-state index contributed by atoms with van der Waals surface area (Å²) < 4.78 is 0. The molecule has 2 unspecified atom stereocenters. The van der Waals surface area contributed by atoms with E-state index in [0.29, 0.717) is 5.69 Å². The van der Waals surface area contributed by atoms with Crippen LogP contribution < -0.4 is 4.90 Å². The van der Waals surface area contributed by atoms with Gasteiger partial charge in [-0.25, -0.2) is 4.90 Å². The molecule has 1 aromatic heterocycles. The van der Waals surface area contributed by atoms with Gasteiger partial charge in [-0.15, -0.1) is 0 Å². The normalized spacial score (nSPS) is 36.6. The zero-order valence-corrected chi connectivity index (χ0v) is 9.69. The first kappa shape index (κ1) is 10.00. The quantitative estimate of drug-likeness (QED) is 0.550. The summed E-state index contributed by atoms with van der Waals surface area (Å²) in [6.07, 6.45) is 8.39. The van der Waals surface area contributed by atoms with E-state index in [0.717, 1.165) is 6.42 Å². The van der Waals surface area contributed by atoms with Crippen molar-refractivity contribution in [3.05, 3.63) is 36.7 Å². The van der Waals surface area contributed by atoms with E-state index in [4.69, 9.17) is 0 Å². The summed E-state index contributed by atoms with van der Waals surface area (Å²) in [5.41, 5.74) is 0.647. The number of fused-ring (bicyclic) bond motifs is 5. The molecule has 18 heavy (non-hydrogen) atoms. The van der Waals surface area contributed by atoms with Crippen molar-refractivity contribution in [1.29, 1.82) is 0 Å². The second-order valence-corrected chi connectivity index (χ2v) is 5.22. The molecular weight excluding hydrogens is 228 g/mol. The fourth-order valence-corrected chi connectivity index (χ4v) is 3.65. The Morgan fingerprint density at radius 1 is 1.00 bits per heavy atom. The van der Waals surface area contributed by atoms with E-state index in [1.807, 2.05) is 0 Å². The molecule has 0 radical (unpaired) electrons. The lowest BCUT2D eigenvalue weighted by Gasteiger charge is -2.16. The zero-order valence-electron chi connectivity index (χ0n) is 9.69. The number of carbonyl (C=O) groups excluding carboxylic acids is 2. The van der Waals surface area contributed by atoms with Crippen molar-refractivity contribution >= 4 is 17.5 Å². The first-order valence-electron chi connectivity index (χ1n) is 6.23. The third kappa shape index (κ3) is 1.08. The van der Waals surface area contributed by atoms with Gasteiger partial charge in [-0.3, -0.25) is 14.6 Å². The van der Waals surface area contributed by atoms with Crippen LogP contribution in [0.25, 0.3) is 0 Å². The number of nitrogens with zero attached hydrogens (tertiary/aromatic N) is 2. The van der Waals surface area contributed by atoms with Crippen LogP contribution in [-0.4, -0.2) is 16.8 Å². The van der Waals surface area contributed by atoms with Gasteiger partial charge in [0.15, 0.2) is 0 Å². The van der Waals surface area contributed by atoms with E-state index < -0.39 is 0 Å². The Bertz CT molecular complexity index is 536. The molecule has 2 amide bonds. The van der Waals surface area contributed by atoms with Crippen LogP contribution in [0.5, 0.6) is 0 Å². The molecule has 1 aromatic rings. The van der Waals surface area contributed by atoms with Crippen molar-refractivity contribution in [2.45, 2.75) is 6.42 Å². The maximum absolute atomic E-state index is 12.4. The molecule has 90 valence electrons. The molecule has 4 rings (SSSR count). The maximum atomic E-state index is 12.4. The molecule has 0 N–H and O–H groups in total. The lowest BCUT2D eigenvalue weighted by molar-refractivity contribution is -0.123. The SMILES string of the molecule is O=C1C2C3C=C[C@@H](C3)[C@@H]2C(=O)N1c1ccncc1. The van der Waals surface area contributed by atoms with E-state index in [1.165, 1.54) is 4.90 Å². The Balaban J connectivity index is 1.77. The highest BCUT2D eigenvalue weighted by atomic mass is 16.2. The number of pyridine rings is 1. The maximum Gasteiger partial charge on any atom is 0.238 e. The first-order valence-corrected chi connectivity index (χ1v) is 6.23.